The standard InChI is InChI=1S/C13H16BrNO3/c14-11-5-13-12(17-8-18-13)4-9(11)6-15-7-10-2-1-3-16-10/h4-5,10,15H,1-3,6-8H2. The molecule has 0 amide bonds. The number of benzene rings is 1. The van der Waals surface area contributed by atoms with Crippen LogP contribution in [0.1, 0.15) is 18.4 Å². The van der Waals surface area contributed by atoms with Gasteiger partial charge in [-0.3, -0.25) is 0 Å². The zero-order chi connectivity index (χ0) is 12.4. The molecule has 1 fully saturated rings. The molecule has 0 saturated carbocycles. The van der Waals surface area contributed by atoms with Crippen LogP contribution >= 0.6 is 15.9 Å². The number of halogens is 1. The van der Waals surface area contributed by atoms with Crippen molar-refractivity contribution in [3.8, 4) is 11.5 Å². The van der Waals surface area contributed by atoms with Crippen LogP contribution in [0.2, 0.25) is 0 Å². The highest BCUT2D eigenvalue weighted by Crippen LogP contribution is 2.36. The molecule has 4 nitrogen and oxygen atoms in total. The first-order valence-electron chi connectivity index (χ1n) is 6.23. The van der Waals surface area contributed by atoms with E-state index >= 15 is 0 Å². The third-order valence-corrected chi connectivity index (χ3v) is 3.99. The molecular formula is C13H16BrNO3. The summed E-state index contributed by atoms with van der Waals surface area (Å²) in [6, 6.07) is 3.99. The lowest BCUT2D eigenvalue weighted by molar-refractivity contribution is 0.110. The molecule has 1 aromatic rings. The topological polar surface area (TPSA) is 39.7 Å². The molecule has 3 rings (SSSR count). The van der Waals surface area contributed by atoms with Gasteiger partial charge in [0.25, 0.3) is 0 Å². The largest absolute Gasteiger partial charge is 0.454 e. The van der Waals surface area contributed by atoms with Crippen LogP contribution in [-0.4, -0.2) is 26.0 Å². The van der Waals surface area contributed by atoms with Crippen molar-refractivity contribution < 1.29 is 14.2 Å². The third kappa shape index (κ3) is 2.63. The molecule has 5 heteroatoms. The summed E-state index contributed by atoms with van der Waals surface area (Å²) in [7, 11) is 0. The first-order chi connectivity index (χ1) is 8.83. The average molecular weight is 314 g/mol. The molecule has 1 atom stereocenters. The SMILES string of the molecule is Brc1cc2c(cc1CNCC1CCCO1)OCO2. The lowest BCUT2D eigenvalue weighted by Crippen LogP contribution is -2.25. The van der Waals surface area contributed by atoms with Gasteiger partial charge in [-0.2, -0.15) is 0 Å². The van der Waals surface area contributed by atoms with E-state index in [2.05, 4.69) is 21.2 Å². The maximum atomic E-state index is 5.58. The van der Waals surface area contributed by atoms with Gasteiger partial charge in [-0.1, -0.05) is 15.9 Å². The lowest BCUT2D eigenvalue weighted by atomic mass is 10.2. The molecule has 2 aliphatic heterocycles. The van der Waals surface area contributed by atoms with Crippen molar-refractivity contribution >= 4 is 15.9 Å². The number of hydrogen-bond donors (Lipinski definition) is 1. The Labute approximate surface area is 115 Å². The van der Waals surface area contributed by atoms with Crippen molar-refractivity contribution in [3.63, 3.8) is 0 Å². The molecular weight excluding hydrogens is 298 g/mol. The second kappa shape index (κ2) is 5.47. The molecule has 2 heterocycles. The second-order valence-electron chi connectivity index (χ2n) is 4.56. The predicted octanol–water partition coefficient (Wildman–Crippen LogP) is 2.45. The Kier molecular flexibility index (Phi) is 3.72. The van der Waals surface area contributed by atoms with Crippen molar-refractivity contribution in [3.05, 3.63) is 22.2 Å². The molecule has 0 spiro atoms. The molecule has 1 aromatic carbocycles. The molecule has 0 aliphatic carbocycles. The van der Waals surface area contributed by atoms with E-state index in [1.165, 1.54) is 12.0 Å². The third-order valence-electron chi connectivity index (χ3n) is 3.25. The summed E-state index contributed by atoms with van der Waals surface area (Å²) >= 11 is 3.56. The van der Waals surface area contributed by atoms with Gasteiger partial charge in [0.2, 0.25) is 6.79 Å². The fourth-order valence-electron chi connectivity index (χ4n) is 2.27. The molecule has 0 bridgehead atoms. The van der Waals surface area contributed by atoms with Gasteiger partial charge >= 0.3 is 0 Å². The highest BCUT2D eigenvalue weighted by atomic mass is 79.9. The molecule has 1 unspecified atom stereocenters. The van der Waals surface area contributed by atoms with Crippen LogP contribution in [0.25, 0.3) is 0 Å². The summed E-state index contributed by atoms with van der Waals surface area (Å²) in [5.41, 5.74) is 1.18. The van der Waals surface area contributed by atoms with Gasteiger partial charge in [0.1, 0.15) is 0 Å². The lowest BCUT2D eigenvalue weighted by Gasteiger charge is -2.12. The van der Waals surface area contributed by atoms with Crippen LogP contribution in [0.5, 0.6) is 11.5 Å². The molecule has 98 valence electrons. The van der Waals surface area contributed by atoms with Crippen LogP contribution in [0.3, 0.4) is 0 Å². The number of rotatable bonds is 4. The predicted molar refractivity (Wildman–Crippen MR) is 70.9 cm³/mol. The van der Waals surface area contributed by atoms with Crippen molar-refractivity contribution in [1.29, 1.82) is 0 Å². The van der Waals surface area contributed by atoms with Gasteiger partial charge in [-0.15, -0.1) is 0 Å². The van der Waals surface area contributed by atoms with Crippen LogP contribution in [-0.2, 0) is 11.3 Å². The Balaban J connectivity index is 1.58. The normalized spacial score (nSPS) is 21.5. The van der Waals surface area contributed by atoms with Gasteiger partial charge < -0.3 is 19.5 Å². The Morgan fingerprint density at radius 3 is 2.89 bits per heavy atom. The summed E-state index contributed by atoms with van der Waals surface area (Å²) in [6.07, 6.45) is 2.72. The first kappa shape index (κ1) is 12.3. The van der Waals surface area contributed by atoms with Crippen molar-refractivity contribution in [2.24, 2.45) is 0 Å². The number of nitrogens with one attached hydrogen (secondary N) is 1. The highest BCUT2D eigenvalue weighted by molar-refractivity contribution is 9.10. The van der Waals surface area contributed by atoms with E-state index in [1.807, 2.05) is 12.1 Å². The maximum absolute atomic E-state index is 5.58. The Hall–Kier alpha value is -0.780. The number of fused-ring (bicyclic) bond motifs is 1. The summed E-state index contributed by atoms with van der Waals surface area (Å²) < 4.78 is 17.3. The Bertz CT molecular complexity index is 432. The van der Waals surface area contributed by atoms with E-state index in [0.29, 0.717) is 12.9 Å². The summed E-state index contributed by atoms with van der Waals surface area (Å²) in [5, 5.41) is 3.42. The zero-order valence-corrected chi connectivity index (χ0v) is 11.7. The molecule has 1 saturated heterocycles. The van der Waals surface area contributed by atoms with Gasteiger partial charge in [-0.25, -0.2) is 0 Å². The first-order valence-corrected chi connectivity index (χ1v) is 7.02. The molecule has 18 heavy (non-hydrogen) atoms. The van der Waals surface area contributed by atoms with Crippen LogP contribution < -0.4 is 14.8 Å². The van der Waals surface area contributed by atoms with Crippen LogP contribution in [0.4, 0.5) is 0 Å². The molecule has 2 aliphatic rings. The minimum absolute atomic E-state index is 0.314. The molecule has 0 aromatic heterocycles. The number of ether oxygens (including phenoxy) is 3. The summed E-state index contributed by atoms with van der Waals surface area (Å²) in [4.78, 5) is 0. The number of hydrogen-bond acceptors (Lipinski definition) is 4. The summed E-state index contributed by atoms with van der Waals surface area (Å²) in [6.45, 7) is 2.92. The minimum Gasteiger partial charge on any atom is -0.454 e. The van der Waals surface area contributed by atoms with Gasteiger partial charge in [0.15, 0.2) is 11.5 Å². The van der Waals surface area contributed by atoms with E-state index in [4.69, 9.17) is 14.2 Å². The average Bonchev–Trinajstić information content (AvgIpc) is 3.00. The fraction of sp³-hybridized carbons (Fsp3) is 0.538. The van der Waals surface area contributed by atoms with E-state index in [9.17, 15) is 0 Å². The second-order valence-corrected chi connectivity index (χ2v) is 5.42. The van der Waals surface area contributed by atoms with Crippen molar-refractivity contribution in [2.45, 2.75) is 25.5 Å². The molecule has 1 N–H and O–H groups in total. The molecule has 0 radical (unpaired) electrons. The monoisotopic (exact) mass is 313 g/mol. The van der Waals surface area contributed by atoms with E-state index in [0.717, 1.165) is 42.1 Å². The minimum atomic E-state index is 0.314. The van der Waals surface area contributed by atoms with Crippen molar-refractivity contribution in [1.82, 2.24) is 5.32 Å². The Morgan fingerprint density at radius 1 is 1.28 bits per heavy atom. The smallest absolute Gasteiger partial charge is 0.231 e. The quantitative estimate of drug-likeness (QED) is 0.927. The highest BCUT2D eigenvalue weighted by Gasteiger charge is 2.17. The van der Waals surface area contributed by atoms with Gasteiger partial charge in [0, 0.05) is 24.2 Å². The Morgan fingerprint density at radius 2 is 2.11 bits per heavy atom. The summed E-state index contributed by atoms with van der Waals surface area (Å²) in [5.74, 6) is 1.64. The van der Waals surface area contributed by atoms with Gasteiger partial charge in [0.05, 0.1) is 6.10 Å². The maximum Gasteiger partial charge on any atom is 0.231 e. The van der Waals surface area contributed by atoms with E-state index < -0.39 is 0 Å². The van der Waals surface area contributed by atoms with Crippen LogP contribution in [0, 0.1) is 0 Å². The van der Waals surface area contributed by atoms with Crippen LogP contribution in [0.15, 0.2) is 16.6 Å². The van der Waals surface area contributed by atoms with E-state index in [-0.39, 0.29) is 0 Å². The fourth-order valence-corrected chi connectivity index (χ4v) is 2.73. The van der Waals surface area contributed by atoms with E-state index in [1.54, 1.807) is 0 Å². The van der Waals surface area contributed by atoms with Gasteiger partial charge in [-0.05, 0) is 30.5 Å². The van der Waals surface area contributed by atoms with Crippen molar-refractivity contribution in [2.75, 3.05) is 19.9 Å². The zero-order valence-electron chi connectivity index (χ0n) is 10.1.